The van der Waals surface area contributed by atoms with Gasteiger partial charge in [-0.25, -0.2) is 4.68 Å². The number of tetrazole rings is 1. The van der Waals surface area contributed by atoms with Gasteiger partial charge in [0, 0.05) is 21.8 Å². The summed E-state index contributed by atoms with van der Waals surface area (Å²) in [6, 6.07) is 14.7. The zero-order chi connectivity index (χ0) is 16.5. The van der Waals surface area contributed by atoms with Crippen LogP contribution in [0.15, 0.2) is 48.5 Å². The van der Waals surface area contributed by atoms with E-state index in [4.69, 9.17) is 11.6 Å². The Balaban J connectivity index is 1.57. The van der Waals surface area contributed by atoms with E-state index in [1.807, 2.05) is 28.9 Å². The number of aromatic nitrogens is 4. The maximum Gasteiger partial charge on any atom is 0.255 e. The largest absolute Gasteiger partial charge is 0.322 e. The molecule has 0 bridgehead atoms. The highest BCUT2D eigenvalue weighted by Gasteiger charge is 2.28. The number of hydrogen-bond acceptors (Lipinski definition) is 4. The summed E-state index contributed by atoms with van der Waals surface area (Å²) >= 11 is 5.85. The van der Waals surface area contributed by atoms with E-state index in [0.717, 1.165) is 24.2 Å². The van der Waals surface area contributed by atoms with E-state index in [0.29, 0.717) is 22.3 Å². The van der Waals surface area contributed by atoms with Crippen molar-refractivity contribution in [3.05, 3.63) is 59.1 Å². The molecule has 0 aliphatic heterocycles. The number of nitrogens with one attached hydrogen (secondary N) is 1. The Morgan fingerprint density at radius 3 is 2.71 bits per heavy atom. The lowest BCUT2D eigenvalue weighted by molar-refractivity contribution is 0.102. The SMILES string of the molecule is O=C(Nc1cccc(-c2nnnn2C2CC2)c1)c1ccc(Cl)cc1. The molecule has 1 aliphatic carbocycles. The van der Waals surface area contributed by atoms with Crippen LogP contribution in [-0.2, 0) is 0 Å². The van der Waals surface area contributed by atoms with Gasteiger partial charge < -0.3 is 5.32 Å². The number of anilines is 1. The molecular weight excluding hydrogens is 326 g/mol. The number of benzene rings is 2. The van der Waals surface area contributed by atoms with E-state index >= 15 is 0 Å². The lowest BCUT2D eigenvalue weighted by Crippen LogP contribution is -2.11. The molecule has 0 unspecified atom stereocenters. The van der Waals surface area contributed by atoms with Crippen molar-refractivity contribution in [1.29, 1.82) is 0 Å². The normalized spacial score (nSPS) is 13.7. The molecule has 1 fully saturated rings. The number of carbonyl (C=O) groups is 1. The smallest absolute Gasteiger partial charge is 0.255 e. The van der Waals surface area contributed by atoms with Crippen LogP contribution in [-0.4, -0.2) is 26.1 Å². The first kappa shape index (κ1) is 14.8. The van der Waals surface area contributed by atoms with Crippen molar-refractivity contribution < 1.29 is 4.79 Å². The van der Waals surface area contributed by atoms with Crippen molar-refractivity contribution in [2.75, 3.05) is 5.32 Å². The van der Waals surface area contributed by atoms with Crippen LogP contribution in [0.25, 0.3) is 11.4 Å². The highest BCUT2D eigenvalue weighted by atomic mass is 35.5. The molecule has 1 aromatic heterocycles. The van der Waals surface area contributed by atoms with Gasteiger partial charge >= 0.3 is 0 Å². The zero-order valence-electron chi connectivity index (χ0n) is 12.7. The summed E-state index contributed by atoms with van der Waals surface area (Å²) in [5.41, 5.74) is 2.12. The Hall–Kier alpha value is -2.73. The van der Waals surface area contributed by atoms with Crippen molar-refractivity contribution in [1.82, 2.24) is 20.2 Å². The van der Waals surface area contributed by atoms with Gasteiger partial charge in [0.05, 0.1) is 6.04 Å². The third-order valence-corrected chi connectivity index (χ3v) is 4.12. The van der Waals surface area contributed by atoms with Crippen LogP contribution in [0.4, 0.5) is 5.69 Å². The third kappa shape index (κ3) is 3.00. The summed E-state index contributed by atoms with van der Waals surface area (Å²) in [6.45, 7) is 0. The maximum atomic E-state index is 12.3. The van der Waals surface area contributed by atoms with Gasteiger partial charge in [0.2, 0.25) is 0 Å². The molecule has 1 amide bonds. The minimum Gasteiger partial charge on any atom is -0.322 e. The van der Waals surface area contributed by atoms with Gasteiger partial charge in [-0.05, 0) is 59.7 Å². The molecule has 120 valence electrons. The van der Waals surface area contributed by atoms with Crippen molar-refractivity contribution in [2.24, 2.45) is 0 Å². The lowest BCUT2D eigenvalue weighted by atomic mass is 10.1. The minimum absolute atomic E-state index is 0.189. The number of rotatable bonds is 4. The van der Waals surface area contributed by atoms with E-state index in [9.17, 15) is 4.79 Å². The summed E-state index contributed by atoms with van der Waals surface area (Å²) in [7, 11) is 0. The van der Waals surface area contributed by atoms with E-state index < -0.39 is 0 Å². The van der Waals surface area contributed by atoms with Crippen molar-refractivity contribution in [3.8, 4) is 11.4 Å². The predicted molar refractivity (Wildman–Crippen MR) is 90.9 cm³/mol. The molecule has 4 rings (SSSR count). The summed E-state index contributed by atoms with van der Waals surface area (Å²) in [6.07, 6.45) is 2.20. The van der Waals surface area contributed by atoms with Crippen LogP contribution >= 0.6 is 11.6 Å². The molecule has 3 aromatic rings. The van der Waals surface area contributed by atoms with Crippen LogP contribution in [0.1, 0.15) is 29.2 Å². The van der Waals surface area contributed by atoms with Gasteiger partial charge in [0.25, 0.3) is 5.91 Å². The van der Waals surface area contributed by atoms with Gasteiger partial charge in [-0.15, -0.1) is 5.10 Å². The topological polar surface area (TPSA) is 72.7 Å². The molecule has 1 N–H and O–H groups in total. The summed E-state index contributed by atoms with van der Waals surface area (Å²) in [5.74, 6) is 0.533. The molecule has 24 heavy (non-hydrogen) atoms. The fourth-order valence-corrected chi connectivity index (χ4v) is 2.62. The van der Waals surface area contributed by atoms with Crippen LogP contribution in [0.2, 0.25) is 5.02 Å². The average molecular weight is 340 g/mol. The Bertz CT molecular complexity index is 886. The fourth-order valence-electron chi connectivity index (χ4n) is 2.49. The third-order valence-electron chi connectivity index (χ3n) is 3.87. The lowest BCUT2D eigenvalue weighted by Gasteiger charge is -2.08. The monoisotopic (exact) mass is 339 g/mol. The second-order valence-electron chi connectivity index (χ2n) is 5.72. The molecular formula is C17H14ClN5O. The quantitative estimate of drug-likeness (QED) is 0.788. The van der Waals surface area contributed by atoms with Crippen LogP contribution < -0.4 is 5.32 Å². The number of hydrogen-bond donors (Lipinski definition) is 1. The van der Waals surface area contributed by atoms with Crippen LogP contribution in [0.3, 0.4) is 0 Å². The molecule has 1 heterocycles. The van der Waals surface area contributed by atoms with Crippen molar-refractivity contribution in [3.63, 3.8) is 0 Å². The fraction of sp³-hybridized carbons (Fsp3) is 0.176. The Labute approximate surface area is 143 Å². The number of halogens is 1. The van der Waals surface area contributed by atoms with Gasteiger partial charge in [0.15, 0.2) is 5.82 Å². The van der Waals surface area contributed by atoms with Crippen molar-refractivity contribution >= 4 is 23.2 Å². The van der Waals surface area contributed by atoms with E-state index in [-0.39, 0.29) is 5.91 Å². The molecule has 7 heteroatoms. The standard InChI is InChI=1S/C17H14ClN5O/c18-13-6-4-11(5-7-13)17(24)19-14-3-1-2-12(10-14)16-20-21-22-23(16)15-8-9-15/h1-7,10,15H,8-9H2,(H,19,24). The van der Waals surface area contributed by atoms with Gasteiger partial charge in [-0.1, -0.05) is 23.7 Å². The summed E-state index contributed by atoms with van der Waals surface area (Å²) in [4.78, 5) is 12.3. The highest BCUT2D eigenvalue weighted by molar-refractivity contribution is 6.30. The van der Waals surface area contributed by atoms with Crippen LogP contribution in [0, 0.1) is 0 Å². The summed E-state index contributed by atoms with van der Waals surface area (Å²) < 4.78 is 1.85. The van der Waals surface area contributed by atoms with Gasteiger partial charge in [-0.3, -0.25) is 4.79 Å². The second kappa shape index (κ2) is 6.05. The van der Waals surface area contributed by atoms with E-state index in [1.165, 1.54) is 0 Å². The molecule has 1 saturated carbocycles. The number of amides is 1. The summed E-state index contributed by atoms with van der Waals surface area (Å²) in [5, 5.41) is 15.4. The zero-order valence-corrected chi connectivity index (χ0v) is 13.4. The van der Waals surface area contributed by atoms with Crippen molar-refractivity contribution in [2.45, 2.75) is 18.9 Å². The van der Waals surface area contributed by atoms with Gasteiger partial charge in [0.1, 0.15) is 0 Å². The van der Waals surface area contributed by atoms with E-state index in [1.54, 1.807) is 24.3 Å². The Morgan fingerprint density at radius 2 is 1.96 bits per heavy atom. The number of carbonyl (C=O) groups excluding carboxylic acids is 1. The first-order valence-corrected chi connectivity index (χ1v) is 8.04. The molecule has 0 atom stereocenters. The molecule has 0 spiro atoms. The first-order valence-electron chi connectivity index (χ1n) is 7.66. The second-order valence-corrected chi connectivity index (χ2v) is 6.16. The molecule has 0 radical (unpaired) electrons. The van der Waals surface area contributed by atoms with Crippen LogP contribution in [0.5, 0.6) is 0 Å². The Morgan fingerprint density at radius 1 is 1.17 bits per heavy atom. The van der Waals surface area contributed by atoms with Gasteiger partial charge in [-0.2, -0.15) is 0 Å². The first-order chi connectivity index (χ1) is 11.7. The predicted octanol–water partition coefficient (Wildman–Crippen LogP) is 3.58. The maximum absolute atomic E-state index is 12.3. The minimum atomic E-state index is -0.189. The molecule has 1 aliphatic rings. The Kier molecular flexibility index (Phi) is 3.74. The average Bonchev–Trinajstić information content (AvgIpc) is 3.32. The van der Waals surface area contributed by atoms with E-state index in [2.05, 4.69) is 20.8 Å². The number of nitrogens with zero attached hydrogens (tertiary/aromatic N) is 4. The molecule has 6 nitrogen and oxygen atoms in total. The highest BCUT2D eigenvalue weighted by Crippen LogP contribution is 2.36. The molecule has 0 saturated heterocycles. The molecule has 2 aromatic carbocycles.